The summed E-state index contributed by atoms with van der Waals surface area (Å²) >= 11 is 0. The average Bonchev–Trinajstić information content (AvgIpc) is 2.69. The lowest BCUT2D eigenvalue weighted by Crippen LogP contribution is -2.40. The van der Waals surface area contributed by atoms with Crippen molar-refractivity contribution < 1.29 is 26.4 Å². The number of sulfone groups is 1. The van der Waals surface area contributed by atoms with Gasteiger partial charge in [-0.25, -0.2) is 8.42 Å². The number of rotatable bonds is 3. The molecule has 1 N–H and O–H groups in total. The second-order valence-electron chi connectivity index (χ2n) is 5.02. The molecule has 0 saturated carbocycles. The highest BCUT2D eigenvalue weighted by Crippen LogP contribution is 2.25. The van der Waals surface area contributed by atoms with Crippen molar-refractivity contribution in [2.45, 2.75) is 25.2 Å². The molecule has 0 aliphatic carbocycles. The zero-order chi connectivity index (χ0) is 16.5. The molecular formula is C12H13F3N2O4S. The van der Waals surface area contributed by atoms with Crippen molar-refractivity contribution in [3.8, 4) is 0 Å². The van der Waals surface area contributed by atoms with Gasteiger partial charge in [0.05, 0.1) is 11.5 Å². The molecule has 0 bridgehead atoms. The van der Waals surface area contributed by atoms with Crippen LogP contribution in [0.3, 0.4) is 0 Å². The number of halogens is 3. The minimum atomic E-state index is -4.80. The number of nitrogens with zero attached hydrogens (tertiary/aromatic N) is 1. The molecule has 1 atom stereocenters. The predicted molar refractivity (Wildman–Crippen MR) is 70.9 cm³/mol. The zero-order valence-corrected chi connectivity index (χ0v) is 12.1. The summed E-state index contributed by atoms with van der Waals surface area (Å²) in [5.41, 5.74) is -2.67. The van der Waals surface area contributed by atoms with E-state index in [9.17, 15) is 31.2 Å². The van der Waals surface area contributed by atoms with E-state index < -0.39 is 45.6 Å². The lowest BCUT2D eigenvalue weighted by molar-refractivity contribution is -0.139. The van der Waals surface area contributed by atoms with Crippen molar-refractivity contribution >= 4 is 15.7 Å². The van der Waals surface area contributed by atoms with Gasteiger partial charge in [0.1, 0.15) is 12.1 Å². The first-order valence-electron chi connectivity index (χ1n) is 6.35. The van der Waals surface area contributed by atoms with Crippen LogP contribution >= 0.6 is 0 Å². The number of amides is 1. The third-order valence-corrected chi connectivity index (χ3v) is 5.01. The van der Waals surface area contributed by atoms with E-state index in [4.69, 9.17) is 0 Å². The largest absolute Gasteiger partial charge is 0.421 e. The van der Waals surface area contributed by atoms with E-state index in [1.165, 1.54) is 0 Å². The van der Waals surface area contributed by atoms with E-state index in [-0.39, 0.29) is 17.9 Å². The second-order valence-corrected chi connectivity index (χ2v) is 7.25. The van der Waals surface area contributed by atoms with Crippen molar-refractivity contribution in [3.63, 3.8) is 0 Å². The number of pyridine rings is 1. The fourth-order valence-corrected chi connectivity index (χ4v) is 3.89. The Bertz CT molecular complexity index is 739. The van der Waals surface area contributed by atoms with Gasteiger partial charge in [-0.2, -0.15) is 13.2 Å². The summed E-state index contributed by atoms with van der Waals surface area (Å²) in [6, 6.07) is 1.09. The summed E-state index contributed by atoms with van der Waals surface area (Å²) in [6.45, 7) is -0.598. The monoisotopic (exact) mass is 338 g/mol. The third kappa shape index (κ3) is 3.87. The highest BCUT2D eigenvalue weighted by Gasteiger charge is 2.34. The lowest BCUT2D eigenvalue weighted by atomic mass is 10.2. The maximum absolute atomic E-state index is 12.6. The predicted octanol–water partition coefficient (Wildman–Crippen LogP) is 0.170. The number of carbonyl (C=O) groups is 1. The van der Waals surface area contributed by atoms with Crippen molar-refractivity contribution in [2.24, 2.45) is 0 Å². The molecule has 0 radical (unpaired) electrons. The molecule has 1 aliphatic rings. The van der Waals surface area contributed by atoms with Crippen molar-refractivity contribution in [1.82, 2.24) is 9.88 Å². The van der Waals surface area contributed by atoms with Crippen LogP contribution in [-0.2, 0) is 27.4 Å². The smallest absolute Gasteiger partial charge is 0.351 e. The fraction of sp³-hybridized carbons (Fsp3) is 0.500. The van der Waals surface area contributed by atoms with E-state index in [1.807, 2.05) is 0 Å². The summed E-state index contributed by atoms with van der Waals surface area (Å²) in [5, 5.41) is 2.41. The molecule has 22 heavy (non-hydrogen) atoms. The molecule has 2 rings (SSSR count). The van der Waals surface area contributed by atoms with Gasteiger partial charge < -0.3 is 9.88 Å². The van der Waals surface area contributed by atoms with Crippen LogP contribution in [0.2, 0.25) is 0 Å². The van der Waals surface area contributed by atoms with Crippen LogP contribution in [0.1, 0.15) is 12.0 Å². The molecule has 0 unspecified atom stereocenters. The Hall–Kier alpha value is -1.84. The van der Waals surface area contributed by atoms with Gasteiger partial charge >= 0.3 is 6.18 Å². The lowest BCUT2D eigenvalue weighted by Gasteiger charge is -2.13. The summed E-state index contributed by atoms with van der Waals surface area (Å²) in [4.78, 5) is 23.4. The Morgan fingerprint density at radius 1 is 1.41 bits per heavy atom. The summed E-state index contributed by atoms with van der Waals surface area (Å²) < 4.78 is 61.0. The van der Waals surface area contributed by atoms with Crippen LogP contribution in [-0.4, -0.2) is 36.4 Å². The molecule has 1 aromatic rings. The third-order valence-electron chi connectivity index (χ3n) is 3.24. The topological polar surface area (TPSA) is 85.2 Å². The fourth-order valence-electron chi connectivity index (χ4n) is 2.21. The van der Waals surface area contributed by atoms with Gasteiger partial charge in [0.15, 0.2) is 9.84 Å². The molecule has 1 saturated heterocycles. The van der Waals surface area contributed by atoms with E-state index in [2.05, 4.69) is 5.32 Å². The summed E-state index contributed by atoms with van der Waals surface area (Å²) in [6.07, 6.45) is -3.47. The summed E-state index contributed by atoms with van der Waals surface area (Å²) in [7, 11) is -3.18. The van der Waals surface area contributed by atoms with Gasteiger partial charge in [0, 0.05) is 12.2 Å². The minimum absolute atomic E-state index is 0.0402. The average molecular weight is 338 g/mol. The van der Waals surface area contributed by atoms with Crippen LogP contribution in [0.5, 0.6) is 0 Å². The highest BCUT2D eigenvalue weighted by atomic mass is 32.2. The Morgan fingerprint density at radius 3 is 2.64 bits per heavy atom. The number of carbonyl (C=O) groups excluding carboxylic acids is 1. The number of alkyl halides is 3. The second kappa shape index (κ2) is 5.75. The number of aromatic nitrogens is 1. The maximum Gasteiger partial charge on any atom is 0.421 e. The van der Waals surface area contributed by atoms with E-state index >= 15 is 0 Å². The van der Waals surface area contributed by atoms with Crippen molar-refractivity contribution in [2.75, 3.05) is 11.5 Å². The normalized spacial score (nSPS) is 20.8. The zero-order valence-electron chi connectivity index (χ0n) is 11.3. The van der Waals surface area contributed by atoms with E-state index in [0.717, 1.165) is 12.3 Å². The van der Waals surface area contributed by atoms with Crippen molar-refractivity contribution in [1.29, 1.82) is 0 Å². The molecule has 1 amide bonds. The molecule has 1 fully saturated rings. The quantitative estimate of drug-likeness (QED) is 0.851. The molecule has 122 valence electrons. The Kier molecular flexibility index (Phi) is 4.32. The number of hydrogen-bond donors (Lipinski definition) is 1. The van der Waals surface area contributed by atoms with Crippen LogP contribution < -0.4 is 10.9 Å². The Labute approximate surface area is 123 Å². The first-order valence-corrected chi connectivity index (χ1v) is 8.17. The van der Waals surface area contributed by atoms with Gasteiger partial charge in [0.2, 0.25) is 5.91 Å². The van der Waals surface area contributed by atoms with Gasteiger partial charge in [-0.15, -0.1) is 0 Å². The van der Waals surface area contributed by atoms with Crippen LogP contribution in [0, 0.1) is 0 Å². The van der Waals surface area contributed by atoms with Crippen LogP contribution in [0.15, 0.2) is 23.1 Å². The molecule has 1 aliphatic heterocycles. The maximum atomic E-state index is 12.6. The first kappa shape index (κ1) is 16.5. The molecular weight excluding hydrogens is 325 g/mol. The van der Waals surface area contributed by atoms with Gasteiger partial charge in [-0.3, -0.25) is 9.59 Å². The van der Waals surface area contributed by atoms with E-state index in [1.54, 1.807) is 0 Å². The Morgan fingerprint density at radius 2 is 2.09 bits per heavy atom. The highest BCUT2D eigenvalue weighted by molar-refractivity contribution is 7.91. The molecule has 2 heterocycles. The van der Waals surface area contributed by atoms with Crippen molar-refractivity contribution in [3.05, 3.63) is 34.2 Å². The molecule has 6 nitrogen and oxygen atoms in total. The molecule has 10 heteroatoms. The van der Waals surface area contributed by atoms with Gasteiger partial charge in [-0.05, 0) is 18.6 Å². The van der Waals surface area contributed by atoms with Gasteiger partial charge in [0.25, 0.3) is 5.56 Å². The molecule has 1 aromatic heterocycles. The van der Waals surface area contributed by atoms with Gasteiger partial charge in [-0.1, -0.05) is 0 Å². The van der Waals surface area contributed by atoms with E-state index in [0.29, 0.717) is 10.6 Å². The number of hydrogen-bond acceptors (Lipinski definition) is 4. The standard InChI is InChI=1S/C12H13F3N2O4S/c13-12(14,15)9-2-1-4-17(11(9)19)6-10(18)16-8-3-5-22(20,21)7-8/h1-2,4,8H,3,5-7H2,(H,16,18)/t8-/m0/s1. The SMILES string of the molecule is O=C(Cn1cccc(C(F)(F)F)c1=O)N[C@H]1CCS(=O)(=O)C1. The molecule has 0 spiro atoms. The number of nitrogens with one attached hydrogen (secondary N) is 1. The Balaban J connectivity index is 2.08. The summed E-state index contributed by atoms with van der Waals surface area (Å²) in [5.74, 6) is -0.943. The van der Waals surface area contributed by atoms with Crippen LogP contribution in [0.4, 0.5) is 13.2 Å². The molecule has 0 aromatic carbocycles. The van der Waals surface area contributed by atoms with Crippen LogP contribution in [0.25, 0.3) is 0 Å². The minimum Gasteiger partial charge on any atom is -0.351 e. The first-order chi connectivity index (χ1) is 10.1.